The van der Waals surface area contributed by atoms with E-state index in [0.29, 0.717) is 11.6 Å². The van der Waals surface area contributed by atoms with Crippen molar-refractivity contribution >= 4 is 35.1 Å². The van der Waals surface area contributed by atoms with Crippen LogP contribution in [0.2, 0.25) is 0 Å². The van der Waals surface area contributed by atoms with Crippen molar-refractivity contribution in [3.8, 4) is 0 Å². The first-order valence-electron chi connectivity index (χ1n) is 5.91. The van der Waals surface area contributed by atoms with Gasteiger partial charge in [-0.25, -0.2) is 4.98 Å². The Labute approximate surface area is 121 Å². The highest BCUT2D eigenvalue weighted by Gasteiger charge is 2.02. The maximum atomic E-state index is 11.6. The molecule has 6 heteroatoms. The summed E-state index contributed by atoms with van der Waals surface area (Å²) in [6.45, 7) is 1.87. The second-order valence-corrected chi connectivity index (χ2v) is 4.36. The number of aromatic nitrogens is 1. The van der Waals surface area contributed by atoms with E-state index in [1.165, 1.54) is 12.3 Å². The quantitative estimate of drug-likeness (QED) is 0.670. The van der Waals surface area contributed by atoms with E-state index in [1.807, 2.05) is 19.1 Å². The molecule has 0 aromatic carbocycles. The molecule has 0 saturated carbocycles. The predicted molar refractivity (Wildman–Crippen MR) is 81.1 cm³/mol. The van der Waals surface area contributed by atoms with Crippen molar-refractivity contribution in [2.75, 3.05) is 5.32 Å². The number of anilines is 1. The summed E-state index contributed by atoms with van der Waals surface area (Å²) in [4.78, 5) is 15.8. The van der Waals surface area contributed by atoms with Gasteiger partial charge in [-0.05, 0) is 49.5 Å². The number of aryl methyl sites for hydroxylation is 1. The zero-order valence-corrected chi connectivity index (χ0v) is 11.6. The molecule has 1 amide bonds. The lowest BCUT2D eigenvalue weighted by Gasteiger charge is -2.07. The molecule has 2 aromatic rings. The van der Waals surface area contributed by atoms with E-state index in [1.54, 1.807) is 24.3 Å². The number of furan rings is 1. The minimum atomic E-state index is -0.341. The van der Waals surface area contributed by atoms with Crippen LogP contribution < -0.4 is 10.6 Å². The standard InChI is InChI=1S/C14H13N3O2S/c1-10-4-2-6-12(15-10)16-14(20)17-13(18)8-7-11-5-3-9-19-11/h2-9H,1H3,(H2,15,16,17,18,20)/b8-7+. The third-order valence-electron chi connectivity index (χ3n) is 2.31. The van der Waals surface area contributed by atoms with Crippen LogP contribution in [0.4, 0.5) is 5.82 Å². The van der Waals surface area contributed by atoms with Gasteiger partial charge in [0.2, 0.25) is 5.91 Å². The van der Waals surface area contributed by atoms with Crippen LogP contribution in [0.3, 0.4) is 0 Å². The molecule has 0 bridgehead atoms. The Morgan fingerprint density at radius 2 is 2.20 bits per heavy atom. The average molecular weight is 287 g/mol. The monoisotopic (exact) mass is 287 g/mol. The molecule has 102 valence electrons. The predicted octanol–water partition coefficient (Wildman–Crippen LogP) is 2.51. The number of hydrogen-bond donors (Lipinski definition) is 2. The highest BCUT2D eigenvalue weighted by Crippen LogP contribution is 2.04. The fourth-order valence-electron chi connectivity index (χ4n) is 1.46. The fourth-order valence-corrected chi connectivity index (χ4v) is 1.66. The summed E-state index contributed by atoms with van der Waals surface area (Å²) < 4.78 is 5.07. The molecule has 0 aliphatic rings. The van der Waals surface area contributed by atoms with Crippen molar-refractivity contribution in [2.24, 2.45) is 0 Å². The smallest absolute Gasteiger partial charge is 0.250 e. The van der Waals surface area contributed by atoms with Gasteiger partial charge in [0.05, 0.1) is 6.26 Å². The minimum absolute atomic E-state index is 0.192. The molecule has 0 aliphatic heterocycles. The summed E-state index contributed by atoms with van der Waals surface area (Å²) in [5, 5.41) is 5.55. The second kappa shape index (κ2) is 6.63. The van der Waals surface area contributed by atoms with Crippen molar-refractivity contribution in [2.45, 2.75) is 6.92 Å². The largest absolute Gasteiger partial charge is 0.465 e. The van der Waals surface area contributed by atoms with Crippen LogP contribution in [0.25, 0.3) is 6.08 Å². The van der Waals surface area contributed by atoms with Crippen LogP contribution in [-0.4, -0.2) is 16.0 Å². The maximum Gasteiger partial charge on any atom is 0.250 e. The maximum absolute atomic E-state index is 11.6. The number of nitrogens with one attached hydrogen (secondary N) is 2. The number of thiocarbonyl (C=S) groups is 1. The van der Waals surface area contributed by atoms with E-state index in [4.69, 9.17) is 16.6 Å². The highest BCUT2D eigenvalue weighted by molar-refractivity contribution is 7.80. The molecule has 0 atom stereocenters. The summed E-state index contributed by atoms with van der Waals surface area (Å²) in [5.41, 5.74) is 0.863. The molecule has 0 unspecified atom stereocenters. The first-order valence-corrected chi connectivity index (χ1v) is 6.31. The Morgan fingerprint density at radius 1 is 1.35 bits per heavy atom. The summed E-state index contributed by atoms with van der Waals surface area (Å²) in [6, 6.07) is 8.99. The average Bonchev–Trinajstić information content (AvgIpc) is 2.89. The molecule has 2 aromatic heterocycles. The number of nitrogens with zero attached hydrogens (tertiary/aromatic N) is 1. The molecule has 20 heavy (non-hydrogen) atoms. The molecular formula is C14H13N3O2S. The third-order valence-corrected chi connectivity index (χ3v) is 2.51. The van der Waals surface area contributed by atoms with Crippen molar-refractivity contribution in [3.63, 3.8) is 0 Å². The SMILES string of the molecule is Cc1cccc(NC(=S)NC(=O)/C=C/c2ccco2)n1. The Bertz CT molecular complexity index is 636. The van der Waals surface area contributed by atoms with Gasteiger partial charge < -0.3 is 9.73 Å². The van der Waals surface area contributed by atoms with E-state index in [9.17, 15) is 4.79 Å². The van der Waals surface area contributed by atoms with Crippen molar-refractivity contribution < 1.29 is 9.21 Å². The Hall–Kier alpha value is -2.47. The summed E-state index contributed by atoms with van der Waals surface area (Å²) >= 11 is 5.03. The van der Waals surface area contributed by atoms with Crippen LogP contribution in [0.5, 0.6) is 0 Å². The van der Waals surface area contributed by atoms with Crippen LogP contribution in [0, 0.1) is 6.92 Å². The molecular weight excluding hydrogens is 274 g/mol. The van der Waals surface area contributed by atoms with Gasteiger partial charge in [0.1, 0.15) is 11.6 Å². The van der Waals surface area contributed by atoms with Crippen molar-refractivity contribution in [3.05, 3.63) is 54.1 Å². The molecule has 2 rings (SSSR count). The van der Waals surface area contributed by atoms with Gasteiger partial charge >= 0.3 is 0 Å². The van der Waals surface area contributed by atoms with Gasteiger partial charge in [0.15, 0.2) is 5.11 Å². The molecule has 0 radical (unpaired) electrons. The van der Waals surface area contributed by atoms with Crippen LogP contribution >= 0.6 is 12.2 Å². The second-order valence-electron chi connectivity index (χ2n) is 3.96. The molecule has 0 aliphatic carbocycles. The number of amides is 1. The topological polar surface area (TPSA) is 67.2 Å². The van der Waals surface area contributed by atoms with Gasteiger partial charge in [0.25, 0.3) is 0 Å². The number of rotatable bonds is 3. The van der Waals surface area contributed by atoms with E-state index < -0.39 is 0 Å². The highest BCUT2D eigenvalue weighted by atomic mass is 32.1. The lowest BCUT2D eigenvalue weighted by molar-refractivity contribution is -0.115. The van der Waals surface area contributed by atoms with Gasteiger partial charge in [0, 0.05) is 11.8 Å². The summed E-state index contributed by atoms with van der Waals surface area (Å²) in [7, 11) is 0. The molecule has 0 saturated heterocycles. The van der Waals surface area contributed by atoms with Crippen molar-refractivity contribution in [1.29, 1.82) is 0 Å². The molecule has 2 heterocycles. The van der Waals surface area contributed by atoms with Crippen LogP contribution in [0.1, 0.15) is 11.5 Å². The molecule has 0 fully saturated rings. The van der Waals surface area contributed by atoms with Gasteiger partial charge in [-0.1, -0.05) is 6.07 Å². The van der Waals surface area contributed by atoms with Gasteiger partial charge in [-0.15, -0.1) is 0 Å². The number of carbonyl (C=O) groups is 1. The normalized spacial score (nSPS) is 10.4. The Kier molecular flexibility index (Phi) is 4.62. The Morgan fingerprint density at radius 3 is 2.90 bits per heavy atom. The Balaban J connectivity index is 1.86. The molecule has 2 N–H and O–H groups in total. The third kappa shape index (κ3) is 4.33. The van der Waals surface area contributed by atoms with E-state index in [-0.39, 0.29) is 11.0 Å². The van der Waals surface area contributed by atoms with Gasteiger partial charge in [-0.3, -0.25) is 10.1 Å². The lowest BCUT2D eigenvalue weighted by Crippen LogP contribution is -2.33. The number of hydrogen-bond acceptors (Lipinski definition) is 4. The van der Waals surface area contributed by atoms with Gasteiger partial charge in [-0.2, -0.15) is 0 Å². The minimum Gasteiger partial charge on any atom is -0.465 e. The number of pyridine rings is 1. The van der Waals surface area contributed by atoms with Crippen molar-refractivity contribution in [1.82, 2.24) is 10.3 Å². The van der Waals surface area contributed by atoms with Crippen LogP contribution in [-0.2, 0) is 4.79 Å². The van der Waals surface area contributed by atoms with E-state index >= 15 is 0 Å². The summed E-state index contributed by atoms with van der Waals surface area (Å²) in [6.07, 6.45) is 4.44. The lowest BCUT2D eigenvalue weighted by atomic mass is 10.4. The summed E-state index contributed by atoms with van der Waals surface area (Å²) in [5.74, 6) is 0.844. The van der Waals surface area contributed by atoms with Crippen LogP contribution in [0.15, 0.2) is 47.1 Å². The zero-order valence-electron chi connectivity index (χ0n) is 10.8. The molecule has 5 nitrogen and oxygen atoms in total. The number of carbonyl (C=O) groups excluding carboxylic acids is 1. The first kappa shape index (κ1) is 14.0. The molecule has 0 spiro atoms. The zero-order chi connectivity index (χ0) is 14.4. The fraction of sp³-hybridized carbons (Fsp3) is 0.0714. The van der Waals surface area contributed by atoms with E-state index in [0.717, 1.165) is 5.69 Å². The first-order chi connectivity index (χ1) is 9.63. The van der Waals surface area contributed by atoms with E-state index in [2.05, 4.69) is 15.6 Å².